The van der Waals surface area contributed by atoms with Crippen molar-refractivity contribution in [1.29, 1.82) is 0 Å². The molecule has 11 heavy (non-hydrogen) atoms. The number of allylic oxidation sites excluding steroid dienone is 3. The van der Waals surface area contributed by atoms with E-state index in [1.165, 1.54) is 17.6 Å². The van der Waals surface area contributed by atoms with Gasteiger partial charge in [-0.1, -0.05) is 44.1 Å². The van der Waals surface area contributed by atoms with E-state index in [1.54, 1.807) is 0 Å². The molecule has 0 nitrogen and oxygen atoms in total. The van der Waals surface area contributed by atoms with E-state index in [-0.39, 0.29) is 0 Å². The van der Waals surface area contributed by atoms with Crippen LogP contribution in [0.2, 0.25) is 0 Å². The van der Waals surface area contributed by atoms with Gasteiger partial charge >= 0.3 is 0 Å². The van der Waals surface area contributed by atoms with Crippen LogP contribution in [-0.4, -0.2) is 0 Å². The molecule has 66 valence electrons. The maximum absolute atomic E-state index is 3.80. The zero-order valence-corrected chi connectivity index (χ0v) is 8.70. The summed E-state index contributed by atoms with van der Waals surface area (Å²) < 4.78 is 0. The second-order valence-electron chi connectivity index (χ2n) is 2.98. The van der Waals surface area contributed by atoms with Gasteiger partial charge in [0.1, 0.15) is 0 Å². The van der Waals surface area contributed by atoms with E-state index in [4.69, 9.17) is 0 Å². The molecule has 0 spiro atoms. The molecule has 0 aromatic rings. The van der Waals surface area contributed by atoms with Crippen LogP contribution in [0.4, 0.5) is 0 Å². The minimum Gasteiger partial charge on any atom is -0.0998 e. The quantitative estimate of drug-likeness (QED) is 0.519. The van der Waals surface area contributed by atoms with Gasteiger partial charge in [-0.3, -0.25) is 0 Å². The minimum atomic E-state index is 1.05. The van der Waals surface area contributed by atoms with Gasteiger partial charge < -0.3 is 0 Å². The summed E-state index contributed by atoms with van der Waals surface area (Å²) in [5.74, 6) is 0. The van der Waals surface area contributed by atoms with Crippen LogP contribution in [0, 0.1) is 0 Å². The molecule has 0 radical (unpaired) electrons. The third-order valence-corrected chi connectivity index (χ3v) is 1.07. The van der Waals surface area contributed by atoms with E-state index < -0.39 is 0 Å². The highest BCUT2D eigenvalue weighted by Crippen LogP contribution is 2.05. The van der Waals surface area contributed by atoms with Crippen LogP contribution < -0.4 is 0 Å². The molecule has 0 bridgehead atoms. The maximum Gasteiger partial charge on any atom is -0.0117 e. The fraction of sp³-hybridized carbons (Fsp3) is 0.636. The minimum absolute atomic E-state index is 1.05. The van der Waals surface area contributed by atoms with Gasteiger partial charge in [0.25, 0.3) is 0 Å². The lowest BCUT2D eigenvalue weighted by atomic mass is 10.1. The van der Waals surface area contributed by atoms with E-state index >= 15 is 0 Å². The fourth-order valence-corrected chi connectivity index (χ4v) is 0.578. The zero-order chi connectivity index (χ0) is 9.28. The van der Waals surface area contributed by atoms with Crippen LogP contribution in [0.15, 0.2) is 23.8 Å². The van der Waals surface area contributed by atoms with Crippen LogP contribution in [0.1, 0.15) is 47.5 Å². The molecule has 0 saturated carbocycles. The summed E-state index contributed by atoms with van der Waals surface area (Å²) in [6.45, 7) is 14.3. The summed E-state index contributed by atoms with van der Waals surface area (Å²) in [6, 6.07) is 0. The monoisotopic (exact) mass is 154 g/mol. The van der Waals surface area contributed by atoms with Crippen molar-refractivity contribution in [3.8, 4) is 0 Å². The van der Waals surface area contributed by atoms with E-state index in [2.05, 4.69) is 40.3 Å². The predicted molar refractivity (Wildman–Crippen MR) is 54.8 cm³/mol. The van der Waals surface area contributed by atoms with Crippen molar-refractivity contribution >= 4 is 0 Å². The zero-order valence-electron chi connectivity index (χ0n) is 8.70. The first-order valence-corrected chi connectivity index (χ1v) is 4.34. The second kappa shape index (κ2) is 9.48. The van der Waals surface area contributed by atoms with Gasteiger partial charge in [-0.15, -0.1) is 0 Å². The van der Waals surface area contributed by atoms with Crippen molar-refractivity contribution in [2.24, 2.45) is 0 Å². The van der Waals surface area contributed by atoms with Gasteiger partial charge in [-0.05, 0) is 27.2 Å². The third kappa shape index (κ3) is 17.7. The molecule has 0 aromatic heterocycles. The summed E-state index contributed by atoms with van der Waals surface area (Å²) in [7, 11) is 0. The summed E-state index contributed by atoms with van der Waals surface area (Å²) in [4.78, 5) is 0. The molecule has 0 aliphatic rings. The molecule has 0 aliphatic heterocycles. The maximum atomic E-state index is 3.80. The Morgan fingerprint density at radius 2 is 1.64 bits per heavy atom. The van der Waals surface area contributed by atoms with E-state index in [1.807, 2.05) is 6.92 Å². The molecule has 0 fully saturated rings. The molecule has 0 aliphatic carbocycles. The van der Waals surface area contributed by atoms with Crippen LogP contribution in [0.5, 0.6) is 0 Å². The van der Waals surface area contributed by atoms with E-state index in [9.17, 15) is 0 Å². The average molecular weight is 154 g/mol. The standard InChI is InChI=1S/C8H14.C3H8/c1-5-8(4)6-7(2)3;1-3-2/h5H,2,6H2,1,3-4H3;3H2,1-2H3/b8-5+;. The molecular weight excluding hydrogens is 132 g/mol. The largest absolute Gasteiger partial charge is 0.0998 e. The summed E-state index contributed by atoms with van der Waals surface area (Å²) in [5.41, 5.74) is 2.64. The van der Waals surface area contributed by atoms with Gasteiger partial charge in [-0.2, -0.15) is 0 Å². The molecule has 0 amide bonds. The molecule has 0 rings (SSSR count). The number of hydrogen-bond donors (Lipinski definition) is 0. The van der Waals surface area contributed by atoms with Gasteiger partial charge in [0.15, 0.2) is 0 Å². The Kier molecular flexibility index (Phi) is 11.3. The van der Waals surface area contributed by atoms with Gasteiger partial charge in [0.2, 0.25) is 0 Å². The molecule has 0 heteroatoms. The van der Waals surface area contributed by atoms with Crippen molar-refractivity contribution in [2.75, 3.05) is 0 Å². The molecule has 0 unspecified atom stereocenters. The summed E-state index contributed by atoms with van der Waals surface area (Å²) >= 11 is 0. The van der Waals surface area contributed by atoms with Crippen LogP contribution >= 0.6 is 0 Å². The first-order valence-electron chi connectivity index (χ1n) is 4.34. The smallest absolute Gasteiger partial charge is 0.0117 e. The Bertz CT molecular complexity index is 118. The lowest BCUT2D eigenvalue weighted by Gasteiger charge is -1.95. The van der Waals surface area contributed by atoms with Crippen LogP contribution in [-0.2, 0) is 0 Å². The Hall–Kier alpha value is -0.520. The SMILES string of the molecule is C=C(C)C/C(C)=C/C.CCC. The Morgan fingerprint density at radius 3 is 1.73 bits per heavy atom. The highest BCUT2D eigenvalue weighted by atomic mass is 13.9. The fourth-order valence-electron chi connectivity index (χ4n) is 0.578. The average Bonchev–Trinajstić information content (AvgIpc) is 1.88. The highest BCUT2D eigenvalue weighted by Gasteiger charge is 1.85. The topological polar surface area (TPSA) is 0 Å². The van der Waals surface area contributed by atoms with Crippen molar-refractivity contribution in [1.82, 2.24) is 0 Å². The molecule has 0 aromatic carbocycles. The summed E-state index contributed by atoms with van der Waals surface area (Å²) in [6.07, 6.45) is 4.42. The van der Waals surface area contributed by atoms with Crippen molar-refractivity contribution < 1.29 is 0 Å². The van der Waals surface area contributed by atoms with Gasteiger partial charge in [0, 0.05) is 0 Å². The first kappa shape index (κ1) is 13.1. The molecule has 0 N–H and O–H groups in total. The second-order valence-corrected chi connectivity index (χ2v) is 2.98. The van der Waals surface area contributed by atoms with Crippen LogP contribution in [0.3, 0.4) is 0 Å². The van der Waals surface area contributed by atoms with Crippen molar-refractivity contribution in [2.45, 2.75) is 47.5 Å². The Balaban J connectivity index is 0. The third-order valence-electron chi connectivity index (χ3n) is 1.07. The van der Waals surface area contributed by atoms with Crippen molar-refractivity contribution in [3.63, 3.8) is 0 Å². The Morgan fingerprint density at radius 1 is 1.27 bits per heavy atom. The van der Waals surface area contributed by atoms with Crippen LogP contribution in [0.25, 0.3) is 0 Å². The van der Waals surface area contributed by atoms with Crippen molar-refractivity contribution in [3.05, 3.63) is 23.8 Å². The summed E-state index contributed by atoms with van der Waals surface area (Å²) in [5, 5.41) is 0. The first-order chi connectivity index (χ1) is 5.08. The molecular formula is C11H22. The van der Waals surface area contributed by atoms with E-state index in [0.29, 0.717) is 0 Å². The molecule has 0 heterocycles. The van der Waals surface area contributed by atoms with Gasteiger partial charge in [0.05, 0.1) is 0 Å². The molecule has 0 atom stereocenters. The number of rotatable bonds is 2. The predicted octanol–water partition coefficient (Wildman–Crippen LogP) is 4.34. The van der Waals surface area contributed by atoms with E-state index in [0.717, 1.165) is 6.42 Å². The highest BCUT2D eigenvalue weighted by molar-refractivity contribution is 5.07. The number of hydrogen-bond acceptors (Lipinski definition) is 0. The van der Waals surface area contributed by atoms with Gasteiger partial charge in [-0.25, -0.2) is 0 Å². The molecule has 0 saturated heterocycles. The lowest BCUT2D eigenvalue weighted by Crippen LogP contribution is -1.75. The normalized spacial score (nSPS) is 10.1. The lowest BCUT2D eigenvalue weighted by molar-refractivity contribution is 1.09. The Labute approximate surface area is 72.0 Å².